The van der Waals surface area contributed by atoms with E-state index in [0.717, 1.165) is 24.7 Å². The summed E-state index contributed by atoms with van der Waals surface area (Å²) in [5.41, 5.74) is 0. The predicted octanol–water partition coefficient (Wildman–Crippen LogP) is 2.15. The largest absolute Gasteiger partial charge is 0.382 e. The van der Waals surface area contributed by atoms with E-state index in [1.807, 2.05) is 11.8 Å². The summed E-state index contributed by atoms with van der Waals surface area (Å²) in [5, 5.41) is 4.62. The molecule has 0 bridgehead atoms. The number of hydrogen-bond acceptors (Lipinski definition) is 4. The van der Waals surface area contributed by atoms with Gasteiger partial charge in [-0.3, -0.25) is 4.99 Å². The zero-order valence-corrected chi connectivity index (χ0v) is 12.6. The predicted molar refractivity (Wildman–Crippen MR) is 78.5 cm³/mol. The van der Waals surface area contributed by atoms with Crippen LogP contribution in [0, 0.1) is 5.92 Å². The van der Waals surface area contributed by atoms with Crippen LogP contribution in [0.3, 0.4) is 0 Å². The van der Waals surface area contributed by atoms with Gasteiger partial charge < -0.3 is 14.8 Å². The number of rotatable bonds is 8. The second-order valence-electron chi connectivity index (χ2n) is 4.78. The topological polar surface area (TPSA) is 42.9 Å². The first-order valence-corrected chi connectivity index (χ1v) is 7.73. The van der Waals surface area contributed by atoms with Crippen molar-refractivity contribution in [2.45, 2.75) is 32.7 Å². The van der Waals surface area contributed by atoms with E-state index in [-0.39, 0.29) is 0 Å². The molecule has 1 fully saturated rings. The van der Waals surface area contributed by atoms with Crippen LogP contribution in [-0.2, 0) is 9.47 Å². The van der Waals surface area contributed by atoms with Gasteiger partial charge in [0, 0.05) is 32.1 Å². The number of nitrogens with one attached hydrogen (secondary N) is 1. The Morgan fingerprint density at radius 3 is 2.94 bits per heavy atom. The molecule has 5 heteroatoms. The van der Waals surface area contributed by atoms with Gasteiger partial charge in [0.15, 0.2) is 5.17 Å². The number of aliphatic imine (C=N–C) groups is 1. The van der Waals surface area contributed by atoms with Crippen molar-refractivity contribution in [3.63, 3.8) is 0 Å². The molecule has 0 radical (unpaired) electrons. The third kappa shape index (κ3) is 6.61. The fourth-order valence-electron chi connectivity index (χ4n) is 1.74. The molecule has 1 saturated heterocycles. The Hall–Kier alpha value is -0.260. The summed E-state index contributed by atoms with van der Waals surface area (Å²) in [6, 6.07) is 0.586. The number of methoxy groups -OCH3 is 1. The highest BCUT2D eigenvalue weighted by atomic mass is 32.2. The number of nitrogens with zero attached hydrogens (tertiary/aromatic N) is 1. The molecule has 4 nitrogen and oxygen atoms in total. The van der Waals surface area contributed by atoms with Crippen LogP contribution in [0.25, 0.3) is 0 Å². The van der Waals surface area contributed by atoms with Crippen LogP contribution >= 0.6 is 11.8 Å². The lowest BCUT2D eigenvalue weighted by Crippen LogP contribution is -2.41. The Labute approximate surface area is 115 Å². The lowest BCUT2D eigenvalue weighted by Gasteiger charge is -2.28. The van der Waals surface area contributed by atoms with Gasteiger partial charge >= 0.3 is 0 Å². The number of thioether (sulfide) groups is 1. The summed E-state index contributed by atoms with van der Waals surface area (Å²) < 4.78 is 10.3. The quantitative estimate of drug-likeness (QED) is 0.689. The molecule has 1 heterocycles. The van der Waals surface area contributed by atoms with Gasteiger partial charge in [-0.15, -0.1) is 0 Å². The van der Waals surface area contributed by atoms with Crippen molar-refractivity contribution >= 4 is 16.9 Å². The standard InChI is InChI=1S/C13H26N2O2S/c1-11(2)12-5-10-18-13(15-12)14-6-4-7-17-9-8-16-3/h11-12H,4-10H2,1-3H3,(H,14,15). The third-order valence-electron chi connectivity index (χ3n) is 2.92. The van der Waals surface area contributed by atoms with Crippen molar-refractivity contribution in [1.29, 1.82) is 0 Å². The first-order chi connectivity index (χ1) is 8.74. The first kappa shape index (κ1) is 15.8. The molecule has 1 aliphatic heterocycles. The van der Waals surface area contributed by atoms with Gasteiger partial charge in [-0.25, -0.2) is 0 Å². The normalized spacial score (nSPS) is 22.4. The fourth-order valence-corrected chi connectivity index (χ4v) is 2.72. The van der Waals surface area contributed by atoms with Crippen LogP contribution in [0.15, 0.2) is 4.99 Å². The van der Waals surface area contributed by atoms with Crippen molar-refractivity contribution in [2.75, 3.05) is 39.2 Å². The lowest BCUT2D eigenvalue weighted by molar-refractivity contribution is 0.0702. The Kier molecular flexibility index (Phi) is 8.46. The maximum absolute atomic E-state index is 5.40. The van der Waals surface area contributed by atoms with Gasteiger partial charge in [0.05, 0.1) is 13.2 Å². The number of hydrogen-bond donors (Lipinski definition) is 1. The van der Waals surface area contributed by atoms with Crippen LogP contribution in [0.2, 0.25) is 0 Å². The molecule has 0 spiro atoms. The SMILES string of the molecule is COCCOCCCN=C1NC(C(C)C)CCS1. The number of amidine groups is 1. The van der Waals surface area contributed by atoms with E-state index in [9.17, 15) is 0 Å². The second kappa shape index (κ2) is 9.64. The van der Waals surface area contributed by atoms with Crippen LogP contribution in [0.5, 0.6) is 0 Å². The van der Waals surface area contributed by atoms with Crippen LogP contribution in [0.4, 0.5) is 0 Å². The van der Waals surface area contributed by atoms with E-state index in [1.54, 1.807) is 7.11 Å². The lowest BCUT2D eigenvalue weighted by atomic mass is 10.0. The molecule has 1 aliphatic rings. The van der Waals surface area contributed by atoms with E-state index < -0.39 is 0 Å². The molecule has 1 unspecified atom stereocenters. The van der Waals surface area contributed by atoms with E-state index in [1.165, 1.54) is 12.2 Å². The average Bonchev–Trinajstić information content (AvgIpc) is 2.38. The molecule has 0 aromatic rings. The van der Waals surface area contributed by atoms with Gasteiger partial charge in [0.1, 0.15) is 0 Å². The second-order valence-corrected chi connectivity index (χ2v) is 5.86. The molecule has 0 aliphatic carbocycles. The van der Waals surface area contributed by atoms with Crippen LogP contribution in [0.1, 0.15) is 26.7 Å². The van der Waals surface area contributed by atoms with Gasteiger partial charge in [-0.05, 0) is 18.8 Å². The van der Waals surface area contributed by atoms with E-state index in [4.69, 9.17) is 9.47 Å². The Morgan fingerprint density at radius 1 is 1.39 bits per heavy atom. The summed E-state index contributed by atoms with van der Waals surface area (Å²) in [5.74, 6) is 1.85. The van der Waals surface area contributed by atoms with Gasteiger partial charge in [0.25, 0.3) is 0 Å². The molecule has 1 N–H and O–H groups in total. The minimum atomic E-state index is 0.586. The summed E-state index contributed by atoms with van der Waals surface area (Å²) in [4.78, 5) is 4.59. The van der Waals surface area contributed by atoms with Crippen LogP contribution < -0.4 is 5.32 Å². The van der Waals surface area contributed by atoms with Gasteiger partial charge in [-0.2, -0.15) is 0 Å². The van der Waals surface area contributed by atoms with Gasteiger partial charge in [0.2, 0.25) is 0 Å². The Bertz CT molecular complexity index is 247. The molecule has 0 aromatic heterocycles. The van der Waals surface area contributed by atoms with E-state index in [0.29, 0.717) is 25.2 Å². The third-order valence-corrected chi connectivity index (χ3v) is 3.88. The van der Waals surface area contributed by atoms with Crippen molar-refractivity contribution in [2.24, 2.45) is 10.9 Å². The smallest absolute Gasteiger partial charge is 0.156 e. The molecule has 1 atom stereocenters. The summed E-state index contributed by atoms with van der Waals surface area (Å²) in [6.45, 7) is 7.47. The van der Waals surface area contributed by atoms with Crippen molar-refractivity contribution in [3.05, 3.63) is 0 Å². The molecule has 18 heavy (non-hydrogen) atoms. The number of ether oxygens (including phenoxy) is 2. The summed E-state index contributed by atoms with van der Waals surface area (Å²) in [6.07, 6.45) is 2.21. The molecular formula is C13H26N2O2S. The zero-order chi connectivity index (χ0) is 13.2. The van der Waals surface area contributed by atoms with E-state index >= 15 is 0 Å². The molecule has 0 amide bonds. The minimum absolute atomic E-state index is 0.586. The van der Waals surface area contributed by atoms with Gasteiger partial charge in [-0.1, -0.05) is 25.6 Å². The maximum Gasteiger partial charge on any atom is 0.156 e. The summed E-state index contributed by atoms with van der Waals surface area (Å²) >= 11 is 1.83. The highest BCUT2D eigenvalue weighted by molar-refractivity contribution is 8.13. The first-order valence-electron chi connectivity index (χ1n) is 6.74. The fraction of sp³-hybridized carbons (Fsp3) is 0.923. The molecule has 0 saturated carbocycles. The zero-order valence-electron chi connectivity index (χ0n) is 11.8. The minimum Gasteiger partial charge on any atom is -0.382 e. The highest BCUT2D eigenvalue weighted by Crippen LogP contribution is 2.18. The van der Waals surface area contributed by atoms with Crippen molar-refractivity contribution in [3.8, 4) is 0 Å². The summed E-state index contributed by atoms with van der Waals surface area (Å²) in [7, 11) is 1.69. The van der Waals surface area contributed by atoms with Crippen molar-refractivity contribution < 1.29 is 9.47 Å². The Morgan fingerprint density at radius 2 is 2.22 bits per heavy atom. The Balaban J connectivity index is 2.10. The van der Waals surface area contributed by atoms with E-state index in [2.05, 4.69) is 24.2 Å². The average molecular weight is 274 g/mol. The van der Waals surface area contributed by atoms with Crippen molar-refractivity contribution in [1.82, 2.24) is 5.32 Å². The highest BCUT2D eigenvalue weighted by Gasteiger charge is 2.19. The van der Waals surface area contributed by atoms with Crippen LogP contribution in [-0.4, -0.2) is 50.4 Å². The monoisotopic (exact) mass is 274 g/mol. The molecule has 1 rings (SSSR count). The molecule has 106 valence electrons. The molecule has 0 aromatic carbocycles. The maximum atomic E-state index is 5.40. The molecular weight excluding hydrogens is 248 g/mol.